The lowest BCUT2D eigenvalue weighted by atomic mass is 10.1. The number of carbonyl (C=O) groups excluding carboxylic acids is 1. The molecule has 21 heavy (non-hydrogen) atoms. The Morgan fingerprint density at radius 3 is 3.10 bits per heavy atom. The van der Waals surface area contributed by atoms with Gasteiger partial charge >= 0.3 is 0 Å². The predicted octanol–water partition coefficient (Wildman–Crippen LogP) is 1.69. The molecule has 1 amide bonds. The van der Waals surface area contributed by atoms with Crippen molar-refractivity contribution >= 4 is 27.7 Å². The fraction of sp³-hybridized carbons (Fsp3) is 0.214. The van der Waals surface area contributed by atoms with Crippen LogP contribution < -0.4 is 15.8 Å². The lowest BCUT2D eigenvalue weighted by Crippen LogP contribution is -2.24. The molecular formula is C14H13BrN4O2. The molecule has 108 valence electrons. The summed E-state index contributed by atoms with van der Waals surface area (Å²) >= 11 is 3.47. The SMILES string of the molecule is Nc1cncc(C(=O)NCc2cc(Br)cc3c2OCC3)n1. The van der Waals surface area contributed by atoms with Crippen LogP contribution in [0.1, 0.15) is 21.6 Å². The number of aromatic nitrogens is 2. The highest BCUT2D eigenvalue weighted by Gasteiger charge is 2.18. The third-order valence-electron chi connectivity index (χ3n) is 3.15. The number of carbonyl (C=O) groups is 1. The van der Waals surface area contributed by atoms with Gasteiger partial charge in [-0.25, -0.2) is 4.98 Å². The van der Waals surface area contributed by atoms with E-state index in [4.69, 9.17) is 10.5 Å². The van der Waals surface area contributed by atoms with Gasteiger partial charge < -0.3 is 15.8 Å². The van der Waals surface area contributed by atoms with Crippen LogP contribution in [-0.4, -0.2) is 22.5 Å². The number of nitrogen functional groups attached to an aromatic ring is 1. The van der Waals surface area contributed by atoms with E-state index in [0.29, 0.717) is 13.2 Å². The zero-order valence-corrected chi connectivity index (χ0v) is 12.7. The van der Waals surface area contributed by atoms with Crippen molar-refractivity contribution < 1.29 is 9.53 Å². The number of hydrogen-bond acceptors (Lipinski definition) is 5. The molecule has 1 aliphatic heterocycles. The summed E-state index contributed by atoms with van der Waals surface area (Å²) in [6.45, 7) is 1.03. The molecule has 1 aromatic heterocycles. The van der Waals surface area contributed by atoms with Crippen molar-refractivity contribution in [3.63, 3.8) is 0 Å². The summed E-state index contributed by atoms with van der Waals surface area (Å²) in [6.07, 6.45) is 3.66. The molecule has 1 aliphatic rings. The fourth-order valence-electron chi connectivity index (χ4n) is 2.23. The minimum absolute atomic E-state index is 0.197. The zero-order valence-electron chi connectivity index (χ0n) is 11.1. The number of nitrogens with one attached hydrogen (secondary N) is 1. The summed E-state index contributed by atoms with van der Waals surface area (Å²) in [5.41, 5.74) is 7.80. The van der Waals surface area contributed by atoms with Crippen LogP contribution in [0.15, 0.2) is 29.0 Å². The van der Waals surface area contributed by atoms with E-state index in [-0.39, 0.29) is 17.4 Å². The van der Waals surface area contributed by atoms with Crippen LogP contribution in [-0.2, 0) is 13.0 Å². The maximum atomic E-state index is 12.0. The van der Waals surface area contributed by atoms with E-state index >= 15 is 0 Å². The smallest absolute Gasteiger partial charge is 0.271 e. The van der Waals surface area contributed by atoms with Crippen LogP contribution in [0.3, 0.4) is 0 Å². The van der Waals surface area contributed by atoms with Crippen LogP contribution in [0.4, 0.5) is 5.82 Å². The first-order chi connectivity index (χ1) is 10.1. The molecule has 3 rings (SSSR count). The normalized spacial score (nSPS) is 12.6. The highest BCUT2D eigenvalue weighted by atomic mass is 79.9. The monoisotopic (exact) mass is 348 g/mol. The molecule has 0 saturated carbocycles. The Bertz CT molecular complexity index is 705. The maximum Gasteiger partial charge on any atom is 0.271 e. The largest absolute Gasteiger partial charge is 0.493 e. The molecule has 7 heteroatoms. The predicted molar refractivity (Wildman–Crippen MR) is 81.0 cm³/mol. The second kappa shape index (κ2) is 5.69. The Morgan fingerprint density at radius 1 is 1.43 bits per heavy atom. The van der Waals surface area contributed by atoms with Crippen LogP contribution in [0.25, 0.3) is 0 Å². The highest BCUT2D eigenvalue weighted by molar-refractivity contribution is 9.10. The first-order valence-electron chi connectivity index (χ1n) is 6.43. The molecule has 1 aromatic carbocycles. The molecule has 0 fully saturated rings. The minimum atomic E-state index is -0.318. The third-order valence-corrected chi connectivity index (χ3v) is 3.61. The third kappa shape index (κ3) is 2.97. The standard InChI is InChI=1S/C14H13BrN4O2/c15-10-3-8-1-2-21-13(8)9(4-10)5-18-14(20)11-6-17-7-12(16)19-11/h3-4,6-7H,1-2,5H2,(H2,16,19)(H,18,20). The Hall–Kier alpha value is -2.15. The van der Waals surface area contributed by atoms with Crippen molar-refractivity contribution in [3.8, 4) is 5.75 Å². The number of halogens is 1. The molecule has 0 atom stereocenters. The topological polar surface area (TPSA) is 90.1 Å². The number of ether oxygens (including phenoxy) is 1. The summed E-state index contributed by atoms with van der Waals surface area (Å²) in [5, 5.41) is 2.80. The first-order valence-corrected chi connectivity index (χ1v) is 7.22. The highest BCUT2D eigenvalue weighted by Crippen LogP contribution is 2.32. The number of nitrogens with zero attached hydrogens (tertiary/aromatic N) is 2. The van der Waals surface area contributed by atoms with Gasteiger partial charge in [0.15, 0.2) is 0 Å². The number of rotatable bonds is 3. The van der Waals surface area contributed by atoms with E-state index < -0.39 is 0 Å². The minimum Gasteiger partial charge on any atom is -0.493 e. The Balaban J connectivity index is 1.75. The quantitative estimate of drug-likeness (QED) is 0.880. The molecule has 0 bridgehead atoms. The van der Waals surface area contributed by atoms with Gasteiger partial charge in [0.2, 0.25) is 0 Å². The van der Waals surface area contributed by atoms with Crippen molar-refractivity contribution in [2.75, 3.05) is 12.3 Å². The van der Waals surface area contributed by atoms with Crippen LogP contribution >= 0.6 is 15.9 Å². The van der Waals surface area contributed by atoms with Gasteiger partial charge in [0.1, 0.15) is 17.3 Å². The van der Waals surface area contributed by atoms with E-state index in [1.165, 1.54) is 12.4 Å². The van der Waals surface area contributed by atoms with E-state index in [1.807, 2.05) is 12.1 Å². The van der Waals surface area contributed by atoms with Crippen molar-refractivity contribution in [3.05, 3.63) is 45.8 Å². The van der Waals surface area contributed by atoms with E-state index in [9.17, 15) is 4.79 Å². The summed E-state index contributed by atoms with van der Waals surface area (Å²) in [4.78, 5) is 19.8. The van der Waals surface area contributed by atoms with Gasteiger partial charge in [-0.1, -0.05) is 15.9 Å². The molecule has 6 nitrogen and oxygen atoms in total. The first kappa shape index (κ1) is 13.8. The van der Waals surface area contributed by atoms with Crippen molar-refractivity contribution in [1.82, 2.24) is 15.3 Å². The summed E-state index contributed by atoms with van der Waals surface area (Å²) in [7, 11) is 0. The van der Waals surface area contributed by atoms with Gasteiger partial charge in [-0.05, 0) is 17.7 Å². The number of nitrogens with two attached hydrogens (primary N) is 1. The van der Waals surface area contributed by atoms with Crippen molar-refractivity contribution in [2.45, 2.75) is 13.0 Å². The van der Waals surface area contributed by atoms with Crippen molar-refractivity contribution in [2.24, 2.45) is 0 Å². The van der Waals surface area contributed by atoms with E-state index in [1.54, 1.807) is 0 Å². The van der Waals surface area contributed by atoms with E-state index in [0.717, 1.165) is 27.8 Å². The van der Waals surface area contributed by atoms with Crippen LogP contribution in [0.2, 0.25) is 0 Å². The molecule has 0 aliphatic carbocycles. The van der Waals surface area contributed by atoms with Gasteiger partial charge in [-0.3, -0.25) is 9.78 Å². The van der Waals surface area contributed by atoms with Gasteiger partial charge in [-0.15, -0.1) is 0 Å². The molecule has 0 radical (unpaired) electrons. The second-order valence-electron chi connectivity index (χ2n) is 4.66. The lowest BCUT2D eigenvalue weighted by Gasteiger charge is -2.10. The maximum absolute atomic E-state index is 12.0. The average molecular weight is 349 g/mol. The average Bonchev–Trinajstić information content (AvgIpc) is 2.92. The Kier molecular flexibility index (Phi) is 3.74. The molecule has 0 unspecified atom stereocenters. The van der Waals surface area contributed by atoms with Gasteiger partial charge in [-0.2, -0.15) is 0 Å². The van der Waals surface area contributed by atoms with Gasteiger partial charge in [0, 0.05) is 23.0 Å². The van der Waals surface area contributed by atoms with Crippen molar-refractivity contribution in [1.29, 1.82) is 0 Å². The van der Waals surface area contributed by atoms with Crippen LogP contribution in [0.5, 0.6) is 5.75 Å². The number of amides is 1. The van der Waals surface area contributed by atoms with Gasteiger partial charge in [0.25, 0.3) is 5.91 Å². The molecule has 0 saturated heterocycles. The summed E-state index contributed by atoms with van der Waals surface area (Å²) < 4.78 is 6.59. The molecule has 3 N–H and O–H groups in total. The van der Waals surface area contributed by atoms with Crippen LogP contribution in [0, 0.1) is 0 Å². The Labute approximate surface area is 129 Å². The fourth-order valence-corrected chi connectivity index (χ4v) is 2.79. The van der Waals surface area contributed by atoms with E-state index in [2.05, 4.69) is 31.2 Å². The number of benzene rings is 1. The number of fused-ring (bicyclic) bond motifs is 1. The molecule has 2 aromatic rings. The molecular weight excluding hydrogens is 336 g/mol. The number of anilines is 1. The number of hydrogen-bond donors (Lipinski definition) is 2. The van der Waals surface area contributed by atoms with Gasteiger partial charge in [0.05, 0.1) is 19.0 Å². The summed E-state index contributed by atoms with van der Waals surface area (Å²) in [5.74, 6) is 0.757. The molecule has 2 heterocycles. The second-order valence-corrected chi connectivity index (χ2v) is 5.58. The lowest BCUT2D eigenvalue weighted by molar-refractivity contribution is 0.0945. The summed E-state index contributed by atoms with van der Waals surface area (Å²) in [6, 6.07) is 3.98. The Morgan fingerprint density at radius 2 is 2.29 bits per heavy atom. The molecule has 0 spiro atoms. The zero-order chi connectivity index (χ0) is 14.8.